The molecule has 2 aromatic heterocycles. The van der Waals surface area contributed by atoms with Crippen LogP contribution >= 0.6 is 11.3 Å². The molecule has 170 valence electrons. The third-order valence-electron chi connectivity index (χ3n) is 5.98. The van der Waals surface area contributed by atoms with Crippen molar-refractivity contribution >= 4 is 44.0 Å². The molecule has 5 rings (SSSR count). The van der Waals surface area contributed by atoms with E-state index in [0.29, 0.717) is 36.4 Å². The molecule has 3 heterocycles. The van der Waals surface area contributed by atoms with Gasteiger partial charge < -0.3 is 9.47 Å². The van der Waals surface area contributed by atoms with Crippen molar-refractivity contribution in [3.63, 3.8) is 0 Å². The van der Waals surface area contributed by atoms with Gasteiger partial charge in [-0.2, -0.15) is 0 Å². The highest BCUT2D eigenvalue weighted by Crippen LogP contribution is 2.30. The molecule has 0 saturated heterocycles. The number of carbonyl (C=O) groups is 1. The molecule has 1 aliphatic heterocycles. The Morgan fingerprint density at radius 2 is 1.97 bits per heavy atom. The zero-order chi connectivity index (χ0) is 23.2. The van der Waals surface area contributed by atoms with Gasteiger partial charge in [0.15, 0.2) is 0 Å². The molecule has 0 bridgehead atoms. The van der Waals surface area contributed by atoms with Gasteiger partial charge in [-0.1, -0.05) is 18.2 Å². The Morgan fingerprint density at radius 1 is 1.18 bits per heavy atom. The molecule has 2 aromatic carbocycles. The Morgan fingerprint density at radius 3 is 2.73 bits per heavy atom. The zero-order valence-corrected chi connectivity index (χ0v) is 20.0. The molecule has 0 radical (unpaired) electrons. The predicted octanol–water partition coefficient (Wildman–Crippen LogP) is 4.43. The van der Waals surface area contributed by atoms with Gasteiger partial charge in [-0.05, 0) is 61.5 Å². The van der Waals surface area contributed by atoms with E-state index in [-0.39, 0.29) is 10.8 Å². The SMILES string of the molecule is CCn1c(C)nc2cc(NS(=O)(=O)c3ccccc3)cc(C(=O)N3CCc4sccc4C3)c21. The first-order chi connectivity index (χ1) is 15.9. The standard InChI is InChI=1S/C24H24N4O3S2/c1-3-28-16(2)25-21-14-18(26-33(30,31)19-7-5-4-6-8-19)13-20(23(21)28)24(29)27-11-9-22-17(15-27)10-12-32-22/h4-8,10,12-14,26H,3,9,11,15H2,1-2H3. The minimum atomic E-state index is -3.80. The molecular weight excluding hydrogens is 456 g/mol. The number of thiophene rings is 1. The van der Waals surface area contributed by atoms with Crippen LogP contribution in [-0.2, 0) is 29.5 Å². The number of aromatic nitrogens is 2. The van der Waals surface area contributed by atoms with E-state index >= 15 is 0 Å². The van der Waals surface area contributed by atoms with E-state index in [4.69, 9.17) is 0 Å². The van der Waals surface area contributed by atoms with Gasteiger partial charge in [0.2, 0.25) is 0 Å². The van der Waals surface area contributed by atoms with Crippen LogP contribution < -0.4 is 4.72 Å². The highest BCUT2D eigenvalue weighted by atomic mass is 32.2. The number of rotatable bonds is 5. The maximum atomic E-state index is 13.7. The highest BCUT2D eigenvalue weighted by Gasteiger charge is 2.27. The van der Waals surface area contributed by atoms with Crippen LogP contribution in [0.5, 0.6) is 0 Å². The fraction of sp³-hybridized carbons (Fsp3) is 0.250. The van der Waals surface area contributed by atoms with Crippen LogP contribution in [-0.4, -0.2) is 35.3 Å². The van der Waals surface area contributed by atoms with E-state index in [1.807, 2.05) is 23.3 Å². The van der Waals surface area contributed by atoms with Crippen LogP contribution in [0.15, 0.2) is 58.8 Å². The quantitative estimate of drug-likeness (QED) is 0.458. The van der Waals surface area contributed by atoms with E-state index in [1.54, 1.807) is 41.7 Å². The summed E-state index contributed by atoms with van der Waals surface area (Å²) in [5.41, 5.74) is 3.29. The van der Waals surface area contributed by atoms with Crippen LogP contribution in [0, 0.1) is 6.92 Å². The van der Waals surface area contributed by atoms with Crippen molar-refractivity contribution in [1.29, 1.82) is 0 Å². The lowest BCUT2D eigenvalue weighted by atomic mass is 10.1. The Kier molecular flexibility index (Phi) is 5.46. The molecule has 0 atom stereocenters. The number of hydrogen-bond acceptors (Lipinski definition) is 5. The van der Waals surface area contributed by atoms with Gasteiger partial charge in [-0.25, -0.2) is 13.4 Å². The number of fused-ring (bicyclic) bond motifs is 2. The number of nitrogens with zero attached hydrogens (tertiary/aromatic N) is 3. The third kappa shape index (κ3) is 3.91. The number of anilines is 1. The molecule has 1 amide bonds. The van der Waals surface area contributed by atoms with Crippen molar-refractivity contribution in [2.75, 3.05) is 11.3 Å². The molecule has 0 saturated carbocycles. The average molecular weight is 481 g/mol. The number of carbonyl (C=O) groups excluding carboxylic acids is 1. The zero-order valence-electron chi connectivity index (χ0n) is 18.4. The maximum Gasteiger partial charge on any atom is 0.261 e. The summed E-state index contributed by atoms with van der Waals surface area (Å²) in [5.74, 6) is 0.663. The van der Waals surface area contributed by atoms with Gasteiger partial charge in [-0.3, -0.25) is 9.52 Å². The Hall–Kier alpha value is -3.17. The van der Waals surface area contributed by atoms with E-state index in [2.05, 4.69) is 21.2 Å². The van der Waals surface area contributed by atoms with Crippen molar-refractivity contribution < 1.29 is 13.2 Å². The van der Waals surface area contributed by atoms with Gasteiger partial charge in [0.05, 0.1) is 27.2 Å². The molecule has 1 N–H and O–H groups in total. The predicted molar refractivity (Wildman–Crippen MR) is 130 cm³/mol. The first-order valence-electron chi connectivity index (χ1n) is 10.8. The second-order valence-electron chi connectivity index (χ2n) is 8.06. The largest absolute Gasteiger partial charge is 0.334 e. The molecule has 9 heteroatoms. The molecule has 4 aromatic rings. The summed E-state index contributed by atoms with van der Waals surface area (Å²) in [6.45, 7) is 5.74. The van der Waals surface area contributed by atoms with E-state index in [0.717, 1.165) is 17.8 Å². The summed E-state index contributed by atoms with van der Waals surface area (Å²) in [7, 11) is -3.80. The number of amides is 1. The summed E-state index contributed by atoms with van der Waals surface area (Å²) in [6, 6.07) is 13.6. The highest BCUT2D eigenvalue weighted by molar-refractivity contribution is 7.92. The second kappa shape index (κ2) is 8.31. The minimum absolute atomic E-state index is 0.118. The molecular formula is C24H24N4O3S2. The number of imidazole rings is 1. The van der Waals surface area contributed by atoms with E-state index in [1.165, 1.54) is 22.6 Å². The monoisotopic (exact) mass is 480 g/mol. The first kappa shape index (κ1) is 21.7. The lowest BCUT2D eigenvalue weighted by Gasteiger charge is -2.27. The lowest BCUT2D eigenvalue weighted by Crippen LogP contribution is -2.35. The smallest absolute Gasteiger partial charge is 0.261 e. The Bertz CT molecular complexity index is 1460. The van der Waals surface area contributed by atoms with Crippen LogP contribution in [0.2, 0.25) is 0 Å². The number of aryl methyl sites for hydroxylation is 2. The summed E-state index contributed by atoms with van der Waals surface area (Å²) in [4.78, 5) is 21.7. The van der Waals surface area contributed by atoms with Gasteiger partial charge in [-0.15, -0.1) is 11.3 Å². The molecule has 33 heavy (non-hydrogen) atoms. The first-order valence-corrected chi connectivity index (χ1v) is 13.2. The topological polar surface area (TPSA) is 84.3 Å². The van der Waals surface area contributed by atoms with E-state index < -0.39 is 10.0 Å². The molecule has 1 aliphatic rings. The van der Waals surface area contributed by atoms with Crippen molar-refractivity contribution in [3.05, 3.63) is 75.7 Å². The summed E-state index contributed by atoms with van der Waals surface area (Å²) in [6.07, 6.45) is 0.828. The second-order valence-corrected chi connectivity index (χ2v) is 10.7. The van der Waals surface area contributed by atoms with Crippen LogP contribution in [0.4, 0.5) is 5.69 Å². The fourth-order valence-electron chi connectivity index (χ4n) is 4.40. The van der Waals surface area contributed by atoms with Gasteiger partial charge in [0, 0.05) is 24.5 Å². The Labute approximate surface area is 196 Å². The molecule has 0 spiro atoms. The maximum absolute atomic E-state index is 13.7. The minimum Gasteiger partial charge on any atom is -0.334 e. The Balaban J connectivity index is 1.59. The van der Waals surface area contributed by atoms with Crippen LogP contribution in [0.3, 0.4) is 0 Å². The lowest BCUT2D eigenvalue weighted by molar-refractivity contribution is 0.0737. The molecule has 0 aliphatic carbocycles. The van der Waals surface area contributed by atoms with Gasteiger partial charge in [0.25, 0.3) is 15.9 Å². The van der Waals surface area contributed by atoms with Crippen molar-refractivity contribution in [2.24, 2.45) is 0 Å². The summed E-state index contributed by atoms with van der Waals surface area (Å²) in [5, 5.41) is 2.06. The number of benzene rings is 2. The normalized spacial score (nSPS) is 13.8. The van der Waals surface area contributed by atoms with E-state index in [9.17, 15) is 13.2 Å². The molecule has 0 fully saturated rings. The fourth-order valence-corrected chi connectivity index (χ4v) is 6.35. The molecule has 7 nitrogen and oxygen atoms in total. The van der Waals surface area contributed by atoms with Gasteiger partial charge in [0.1, 0.15) is 5.82 Å². The van der Waals surface area contributed by atoms with Crippen LogP contribution in [0.25, 0.3) is 11.0 Å². The number of nitrogens with one attached hydrogen (secondary N) is 1. The summed E-state index contributed by atoms with van der Waals surface area (Å²) < 4.78 is 30.5. The van der Waals surface area contributed by atoms with Gasteiger partial charge >= 0.3 is 0 Å². The molecule has 0 unspecified atom stereocenters. The number of hydrogen-bond donors (Lipinski definition) is 1. The van der Waals surface area contributed by atoms with Crippen molar-refractivity contribution in [1.82, 2.24) is 14.5 Å². The van der Waals surface area contributed by atoms with Crippen molar-refractivity contribution in [3.8, 4) is 0 Å². The summed E-state index contributed by atoms with van der Waals surface area (Å²) >= 11 is 1.72. The van der Waals surface area contributed by atoms with Crippen molar-refractivity contribution in [2.45, 2.75) is 38.3 Å². The average Bonchev–Trinajstić information content (AvgIpc) is 3.41. The number of sulfonamides is 1. The van der Waals surface area contributed by atoms with Crippen LogP contribution in [0.1, 0.15) is 33.5 Å². The third-order valence-corrected chi connectivity index (χ3v) is 8.40.